The summed E-state index contributed by atoms with van der Waals surface area (Å²) in [5, 5.41) is 5.59. The summed E-state index contributed by atoms with van der Waals surface area (Å²) in [5.41, 5.74) is 0.0692. The van der Waals surface area contributed by atoms with Gasteiger partial charge in [-0.25, -0.2) is 9.78 Å². The van der Waals surface area contributed by atoms with E-state index >= 15 is 0 Å². The number of alkyl halides is 3. The standard InChI is InChI=1S/C19H15F3N4O2/c1-28-17(27)12-6-8-13(9-7-12)24-16-10-11-23-18(26-16)25-15-5-3-2-4-14(15)19(20,21)22/h2-11H,1H3,(H2,23,24,25,26). The van der Waals surface area contributed by atoms with Crippen molar-refractivity contribution in [2.24, 2.45) is 0 Å². The fourth-order valence-electron chi connectivity index (χ4n) is 2.40. The minimum atomic E-state index is -4.50. The Morgan fingerprint density at radius 3 is 2.39 bits per heavy atom. The van der Waals surface area contributed by atoms with Crippen LogP contribution >= 0.6 is 0 Å². The molecule has 144 valence electrons. The van der Waals surface area contributed by atoms with Crippen LogP contribution < -0.4 is 10.6 Å². The molecule has 1 aromatic heterocycles. The van der Waals surface area contributed by atoms with E-state index in [1.165, 1.54) is 31.5 Å². The van der Waals surface area contributed by atoms with Crippen molar-refractivity contribution in [3.8, 4) is 0 Å². The lowest BCUT2D eigenvalue weighted by Gasteiger charge is -2.14. The molecule has 0 unspecified atom stereocenters. The van der Waals surface area contributed by atoms with E-state index in [-0.39, 0.29) is 11.6 Å². The van der Waals surface area contributed by atoms with Crippen LogP contribution in [-0.2, 0) is 10.9 Å². The Labute approximate surface area is 158 Å². The van der Waals surface area contributed by atoms with Crippen LogP contribution in [0.5, 0.6) is 0 Å². The summed E-state index contributed by atoms with van der Waals surface area (Å²) in [7, 11) is 1.29. The van der Waals surface area contributed by atoms with Crippen molar-refractivity contribution in [2.75, 3.05) is 17.7 Å². The molecule has 1 heterocycles. The van der Waals surface area contributed by atoms with Crippen molar-refractivity contribution < 1.29 is 22.7 Å². The maximum absolute atomic E-state index is 13.1. The molecule has 0 bridgehead atoms. The molecule has 0 saturated heterocycles. The zero-order valence-corrected chi connectivity index (χ0v) is 14.6. The molecule has 0 aliphatic carbocycles. The first kappa shape index (κ1) is 19.2. The predicted molar refractivity (Wildman–Crippen MR) is 97.8 cm³/mol. The molecule has 0 spiro atoms. The maximum atomic E-state index is 13.1. The Kier molecular flexibility index (Phi) is 5.44. The Balaban J connectivity index is 1.77. The van der Waals surface area contributed by atoms with Gasteiger partial charge >= 0.3 is 12.1 Å². The Bertz CT molecular complexity index is 975. The number of rotatable bonds is 5. The largest absolute Gasteiger partial charge is 0.465 e. The van der Waals surface area contributed by atoms with E-state index in [9.17, 15) is 18.0 Å². The van der Waals surface area contributed by atoms with Gasteiger partial charge in [-0.15, -0.1) is 0 Å². The summed E-state index contributed by atoms with van der Waals surface area (Å²) in [6, 6.07) is 13.1. The van der Waals surface area contributed by atoms with Crippen LogP contribution in [0.1, 0.15) is 15.9 Å². The van der Waals surface area contributed by atoms with E-state index in [1.807, 2.05) is 0 Å². The average Bonchev–Trinajstić information content (AvgIpc) is 2.68. The topological polar surface area (TPSA) is 76.1 Å². The van der Waals surface area contributed by atoms with Gasteiger partial charge in [0.05, 0.1) is 23.9 Å². The molecular formula is C19H15F3N4O2. The second-order valence-corrected chi connectivity index (χ2v) is 5.63. The molecule has 0 aliphatic heterocycles. The number of halogens is 3. The second-order valence-electron chi connectivity index (χ2n) is 5.63. The van der Waals surface area contributed by atoms with Gasteiger partial charge in [0.25, 0.3) is 0 Å². The normalized spacial score (nSPS) is 11.0. The molecule has 3 aromatic rings. The number of aromatic nitrogens is 2. The zero-order chi connectivity index (χ0) is 20.1. The van der Waals surface area contributed by atoms with Gasteiger partial charge in [0.1, 0.15) is 5.82 Å². The average molecular weight is 388 g/mol. The van der Waals surface area contributed by atoms with Gasteiger partial charge in [-0.3, -0.25) is 0 Å². The number of methoxy groups -OCH3 is 1. The van der Waals surface area contributed by atoms with Crippen molar-refractivity contribution in [3.05, 3.63) is 71.9 Å². The number of hydrogen-bond donors (Lipinski definition) is 2. The van der Waals surface area contributed by atoms with Crippen LogP contribution in [-0.4, -0.2) is 23.0 Å². The second kappa shape index (κ2) is 7.95. The van der Waals surface area contributed by atoms with E-state index in [2.05, 4.69) is 25.3 Å². The predicted octanol–water partition coefficient (Wildman–Crippen LogP) is 4.77. The van der Waals surface area contributed by atoms with E-state index in [0.29, 0.717) is 17.1 Å². The highest BCUT2D eigenvalue weighted by molar-refractivity contribution is 5.89. The monoisotopic (exact) mass is 388 g/mol. The third-order valence-corrected chi connectivity index (χ3v) is 3.71. The smallest absolute Gasteiger partial charge is 0.418 e. The number of hydrogen-bond acceptors (Lipinski definition) is 6. The Hall–Kier alpha value is -3.62. The van der Waals surface area contributed by atoms with Crippen molar-refractivity contribution in [1.82, 2.24) is 9.97 Å². The lowest BCUT2D eigenvalue weighted by Crippen LogP contribution is -2.09. The van der Waals surface area contributed by atoms with E-state index in [4.69, 9.17) is 0 Å². The molecule has 0 radical (unpaired) electrons. The van der Waals surface area contributed by atoms with Crippen molar-refractivity contribution in [3.63, 3.8) is 0 Å². The third-order valence-electron chi connectivity index (χ3n) is 3.71. The fourth-order valence-corrected chi connectivity index (χ4v) is 2.40. The Morgan fingerprint density at radius 1 is 1.00 bits per heavy atom. The summed E-state index contributed by atoms with van der Waals surface area (Å²) >= 11 is 0. The highest BCUT2D eigenvalue weighted by Gasteiger charge is 2.33. The molecule has 28 heavy (non-hydrogen) atoms. The molecule has 0 saturated carbocycles. The van der Waals surface area contributed by atoms with Gasteiger partial charge in [0, 0.05) is 11.9 Å². The first-order valence-corrected chi connectivity index (χ1v) is 8.08. The lowest BCUT2D eigenvalue weighted by atomic mass is 10.1. The van der Waals surface area contributed by atoms with Gasteiger partial charge in [0.15, 0.2) is 0 Å². The molecular weight excluding hydrogens is 373 g/mol. The number of ether oxygens (including phenoxy) is 1. The summed E-state index contributed by atoms with van der Waals surface area (Å²) in [6.07, 6.45) is -3.09. The minimum absolute atomic E-state index is 0.00730. The maximum Gasteiger partial charge on any atom is 0.418 e. The van der Waals surface area contributed by atoms with Gasteiger partial charge in [0.2, 0.25) is 5.95 Å². The molecule has 0 fully saturated rings. The number of benzene rings is 2. The first-order chi connectivity index (χ1) is 13.4. The number of nitrogens with one attached hydrogen (secondary N) is 2. The number of carbonyl (C=O) groups is 1. The minimum Gasteiger partial charge on any atom is -0.465 e. The van der Waals surface area contributed by atoms with E-state index in [0.717, 1.165) is 6.07 Å². The molecule has 0 atom stereocenters. The number of carbonyl (C=O) groups excluding carboxylic acids is 1. The lowest BCUT2D eigenvalue weighted by molar-refractivity contribution is -0.136. The van der Waals surface area contributed by atoms with Crippen molar-refractivity contribution in [2.45, 2.75) is 6.18 Å². The van der Waals surface area contributed by atoms with Crippen LogP contribution in [0.25, 0.3) is 0 Å². The quantitative estimate of drug-likeness (QED) is 0.614. The van der Waals surface area contributed by atoms with Crippen LogP contribution in [0.15, 0.2) is 60.8 Å². The molecule has 9 heteroatoms. The highest BCUT2D eigenvalue weighted by atomic mass is 19.4. The molecule has 3 rings (SSSR count). The van der Waals surface area contributed by atoms with E-state index in [1.54, 1.807) is 30.3 Å². The molecule has 0 amide bonds. The SMILES string of the molecule is COC(=O)c1ccc(Nc2ccnc(Nc3ccccc3C(F)(F)F)n2)cc1. The Morgan fingerprint density at radius 2 is 1.71 bits per heavy atom. The van der Waals surface area contributed by atoms with Gasteiger partial charge in [-0.05, 0) is 42.5 Å². The first-order valence-electron chi connectivity index (χ1n) is 8.08. The van der Waals surface area contributed by atoms with Crippen LogP contribution in [0.4, 0.5) is 36.3 Å². The van der Waals surface area contributed by atoms with Crippen molar-refractivity contribution in [1.29, 1.82) is 0 Å². The molecule has 2 N–H and O–H groups in total. The third kappa shape index (κ3) is 4.56. The molecule has 0 aliphatic rings. The van der Waals surface area contributed by atoms with Crippen LogP contribution in [0, 0.1) is 0 Å². The van der Waals surface area contributed by atoms with E-state index < -0.39 is 17.7 Å². The van der Waals surface area contributed by atoms with Crippen LogP contribution in [0.2, 0.25) is 0 Å². The number of anilines is 4. The molecule has 2 aromatic carbocycles. The van der Waals surface area contributed by atoms with Gasteiger partial charge in [-0.1, -0.05) is 12.1 Å². The number of esters is 1. The number of para-hydroxylation sites is 1. The van der Waals surface area contributed by atoms with Crippen LogP contribution in [0.3, 0.4) is 0 Å². The highest BCUT2D eigenvalue weighted by Crippen LogP contribution is 2.35. The molecule has 6 nitrogen and oxygen atoms in total. The summed E-state index contributed by atoms with van der Waals surface area (Å²) in [4.78, 5) is 19.6. The van der Waals surface area contributed by atoms with Gasteiger partial charge < -0.3 is 15.4 Å². The number of nitrogens with zero attached hydrogens (tertiary/aromatic N) is 2. The summed E-state index contributed by atoms with van der Waals surface area (Å²) in [6.45, 7) is 0. The zero-order valence-electron chi connectivity index (χ0n) is 14.6. The van der Waals surface area contributed by atoms with Gasteiger partial charge in [-0.2, -0.15) is 18.2 Å². The fraction of sp³-hybridized carbons (Fsp3) is 0.105. The summed E-state index contributed by atoms with van der Waals surface area (Å²) in [5.74, 6) is -0.0795. The summed E-state index contributed by atoms with van der Waals surface area (Å²) < 4.78 is 44.0. The van der Waals surface area contributed by atoms with Crippen molar-refractivity contribution >= 4 is 29.1 Å².